The molecule has 0 atom stereocenters. The highest BCUT2D eigenvalue weighted by molar-refractivity contribution is 5.80. The monoisotopic (exact) mass is 276 g/mol. The van der Waals surface area contributed by atoms with Gasteiger partial charge >= 0.3 is 0 Å². The van der Waals surface area contributed by atoms with E-state index in [1.165, 1.54) is 18.4 Å². The van der Waals surface area contributed by atoms with Crippen molar-refractivity contribution in [3.63, 3.8) is 0 Å². The average molecular weight is 276 g/mol. The van der Waals surface area contributed by atoms with E-state index in [4.69, 9.17) is 10.9 Å². The first-order valence-electron chi connectivity index (χ1n) is 7.11. The summed E-state index contributed by atoms with van der Waals surface area (Å²) >= 11 is 0. The fourth-order valence-electron chi connectivity index (χ4n) is 2.15. The molecule has 0 bridgehead atoms. The minimum atomic E-state index is 0.115. The largest absolute Gasteiger partial charge is 0.409 e. The average Bonchev–Trinajstić information content (AvgIpc) is 3.23. The van der Waals surface area contributed by atoms with E-state index in [0.29, 0.717) is 12.5 Å². The van der Waals surface area contributed by atoms with E-state index in [2.05, 4.69) is 47.9 Å². The van der Waals surface area contributed by atoms with E-state index < -0.39 is 0 Å². The van der Waals surface area contributed by atoms with Gasteiger partial charge in [0, 0.05) is 25.2 Å². The second-order valence-corrected chi connectivity index (χ2v) is 6.42. The number of hydrogen-bond acceptors (Lipinski definition) is 4. The van der Waals surface area contributed by atoms with Gasteiger partial charge in [-0.3, -0.25) is 0 Å². The lowest BCUT2D eigenvalue weighted by molar-refractivity contribution is 0.317. The summed E-state index contributed by atoms with van der Waals surface area (Å²) in [7, 11) is 0. The third kappa shape index (κ3) is 3.62. The first-order chi connectivity index (χ1) is 9.41. The number of amidine groups is 1. The second-order valence-electron chi connectivity index (χ2n) is 6.42. The van der Waals surface area contributed by atoms with E-state index in [-0.39, 0.29) is 11.3 Å². The molecule has 110 valence electrons. The summed E-state index contributed by atoms with van der Waals surface area (Å²) in [5.74, 6) is 1.24. The maximum atomic E-state index is 8.63. The molecule has 0 amide bonds. The van der Waals surface area contributed by atoms with Crippen molar-refractivity contribution >= 4 is 11.7 Å². The van der Waals surface area contributed by atoms with Gasteiger partial charge in [-0.25, -0.2) is 4.98 Å². The number of aromatic nitrogens is 1. The number of rotatable bonds is 5. The lowest BCUT2D eigenvalue weighted by Gasteiger charge is -2.25. The van der Waals surface area contributed by atoms with Crippen LogP contribution < -0.4 is 10.6 Å². The molecule has 0 radical (unpaired) electrons. The molecule has 0 aliphatic heterocycles. The molecule has 5 nitrogen and oxygen atoms in total. The molecule has 0 spiro atoms. The third-order valence-corrected chi connectivity index (χ3v) is 3.63. The van der Waals surface area contributed by atoms with Gasteiger partial charge in [-0.05, 0) is 29.9 Å². The quantitative estimate of drug-likeness (QED) is 0.375. The normalized spacial score (nSPS) is 16.2. The minimum Gasteiger partial charge on any atom is -0.409 e. The molecule has 1 heterocycles. The van der Waals surface area contributed by atoms with Gasteiger partial charge in [0.15, 0.2) is 0 Å². The molecular formula is C15H24N4O. The molecule has 1 aromatic rings. The van der Waals surface area contributed by atoms with Crippen LogP contribution in [0.3, 0.4) is 0 Å². The Morgan fingerprint density at radius 3 is 2.60 bits per heavy atom. The van der Waals surface area contributed by atoms with Crippen LogP contribution in [-0.4, -0.2) is 28.6 Å². The van der Waals surface area contributed by atoms with E-state index in [0.717, 1.165) is 12.4 Å². The molecule has 1 aliphatic carbocycles. The van der Waals surface area contributed by atoms with Crippen molar-refractivity contribution in [2.45, 2.75) is 51.5 Å². The Labute approximate surface area is 120 Å². The fourth-order valence-corrected chi connectivity index (χ4v) is 2.15. The Bertz CT molecular complexity index is 472. The summed E-state index contributed by atoms with van der Waals surface area (Å²) in [6, 6.07) is 4.77. The smallest absolute Gasteiger partial charge is 0.140 e. The molecule has 0 unspecified atom stereocenters. The van der Waals surface area contributed by atoms with Crippen molar-refractivity contribution in [3.05, 3.63) is 23.9 Å². The molecule has 0 aromatic carbocycles. The Kier molecular flexibility index (Phi) is 4.16. The van der Waals surface area contributed by atoms with Gasteiger partial charge in [-0.15, -0.1) is 0 Å². The van der Waals surface area contributed by atoms with E-state index >= 15 is 0 Å². The maximum Gasteiger partial charge on any atom is 0.140 e. The first kappa shape index (κ1) is 14.6. The highest BCUT2D eigenvalue weighted by atomic mass is 16.4. The lowest BCUT2D eigenvalue weighted by Crippen LogP contribution is -2.31. The lowest BCUT2D eigenvalue weighted by atomic mass is 9.88. The molecule has 3 N–H and O–H groups in total. The van der Waals surface area contributed by atoms with Crippen molar-refractivity contribution in [2.75, 3.05) is 11.4 Å². The Morgan fingerprint density at radius 2 is 2.15 bits per heavy atom. The maximum absolute atomic E-state index is 8.63. The zero-order valence-electron chi connectivity index (χ0n) is 12.5. The molecule has 1 aliphatic rings. The van der Waals surface area contributed by atoms with Gasteiger partial charge in [-0.2, -0.15) is 0 Å². The second kappa shape index (κ2) is 5.69. The number of oxime groups is 1. The van der Waals surface area contributed by atoms with Crippen molar-refractivity contribution < 1.29 is 5.21 Å². The van der Waals surface area contributed by atoms with Gasteiger partial charge in [0.1, 0.15) is 11.7 Å². The first-order valence-corrected chi connectivity index (χ1v) is 7.11. The predicted molar refractivity (Wildman–Crippen MR) is 81.3 cm³/mol. The zero-order chi connectivity index (χ0) is 14.8. The Balaban J connectivity index is 2.09. The van der Waals surface area contributed by atoms with Gasteiger partial charge in [-0.1, -0.05) is 32.0 Å². The molecule has 5 heteroatoms. The highest BCUT2D eigenvalue weighted by Crippen LogP contribution is 2.31. The number of nitrogens with zero attached hydrogens (tertiary/aromatic N) is 3. The zero-order valence-corrected chi connectivity index (χ0v) is 12.5. The van der Waals surface area contributed by atoms with Crippen molar-refractivity contribution in [1.29, 1.82) is 0 Å². The highest BCUT2D eigenvalue weighted by Gasteiger charge is 2.30. The summed E-state index contributed by atoms with van der Waals surface area (Å²) in [5, 5.41) is 11.7. The van der Waals surface area contributed by atoms with Crippen LogP contribution in [0, 0.1) is 0 Å². The van der Waals surface area contributed by atoms with Crippen LogP contribution >= 0.6 is 0 Å². The predicted octanol–water partition coefficient (Wildman–Crippen LogP) is 2.48. The van der Waals surface area contributed by atoms with E-state index in [1.54, 1.807) is 0 Å². The summed E-state index contributed by atoms with van der Waals surface area (Å²) in [6.45, 7) is 7.28. The van der Waals surface area contributed by atoms with Crippen LogP contribution in [0.1, 0.15) is 45.6 Å². The van der Waals surface area contributed by atoms with Crippen molar-refractivity contribution in [3.8, 4) is 0 Å². The van der Waals surface area contributed by atoms with Gasteiger partial charge in [0.25, 0.3) is 0 Å². The van der Waals surface area contributed by atoms with Crippen LogP contribution in [0.5, 0.6) is 0 Å². The summed E-state index contributed by atoms with van der Waals surface area (Å²) in [6.07, 6.45) is 4.89. The summed E-state index contributed by atoms with van der Waals surface area (Å²) in [4.78, 5) is 6.85. The van der Waals surface area contributed by atoms with Crippen LogP contribution in [0.4, 0.5) is 5.82 Å². The van der Waals surface area contributed by atoms with Crippen molar-refractivity contribution in [2.24, 2.45) is 10.9 Å². The van der Waals surface area contributed by atoms with E-state index in [1.807, 2.05) is 6.20 Å². The number of anilines is 1. The van der Waals surface area contributed by atoms with Crippen molar-refractivity contribution in [1.82, 2.24) is 4.98 Å². The SMILES string of the molecule is CC(C)(C)c1ccc(N(CC/C(N)=N/O)C2CC2)nc1. The minimum absolute atomic E-state index is 0.115. The number of nitrogens with two attached hydrogens (primary N) is 1. The molecule has 20 heavy (non-hydrogen) atoms. The Morgan fingerprint density at radius 1 is 1.45 bits per heavy atom. The molecule has 2 rings (SSSR count). The van der Waals surface area contributed by atoms with Crippen LogP contribution in [0.2, 0.25) is 0 Å². The molecule has 1 fully saturated rings. The fraction of sp³-hybridized carbons (Fsp3) is 0.600. The topological polar surface area (TPSA) is 74.7 Å². The number of pyridine rings is 1. The van der Waals surface area contributed by atoms with Gasteiger partial charge in [0.05, 0.1) is 0 Å². The number of hydrogen-bond donors (Lipinski definition) is 2. The molecule has 1 saturated carbocycles. The van der Waals surface area contributed by atoms with E-state index in [9.17, 15) is 0 Å². The molecule has 1 aromatic heterocycles. The van der Waals surface area contributed by atoms with Crippen LogP contribution in [0.15, 0.2) is 23.5 Å². The van der Waals surface area contributed by atoms with Gasteiger partial charge < -0.3 is 15.8 Å². The van der Waals surface area contributed by atoms with Gasteiger partial charge in [0.2, 0.25) is 0 Å². The Hall–Kier alpha value is -1.78. The standard InChI is InChI=1S/C15H24N4O/c1-15(2,3)11-4-7-14(17-10-11)19(12-5-6-12)9-8-13(16)18-20/h4,7,10,12,20H,5-6,8-9H2,1-3H3,(H2,16,18). The van der Waals surface area contributed by atoms with Crippen LogP contribution in [0.25, 0.3) is 0 Å². The third-order valence-electron chi connectivity index (χ3n) is 3.63. The summed E-state index contributed by atoms with van der Waals surface area (Å²) < 4.78 is 0. The summed E-state index contributed by atoms with van der Waals surface area (Å²) in [5.41, 5.74) is 6.90. The molecule has 0 saturated heterocycles. The molecular weight excluding hydrogens is 252 g/mol. The van der Waals surface area contributed by atoms with Crippen LogP contribution in [-0.2, 0) is 5.41 Å².